The molecule has 1 aromatic carbocycles. The molecule has 1 aromatic heterocycles. The number of nitrogens with zero attached hydrogens (tertiary/aromatic N) is 2. The maximum atomic E-state index is 5.81. The molecule has 22 heavy (non-hydrogen) atoms. The summed E-state index contributed by atoms with van der Waals surface area (Å²) in [4.78, 5) is 4.12. The second-order valence-corrected chi connectivity index (χ2v) is 6.11. The van der Waals surface area contributed by atoms with E-state index in [1.165, 1.54) is 5.56 Å². The zero-order valence-corrected chi connectivity index (χ0v) is 14.5. The Bertz CT molecular complexity index is 530. The Hall–Kier alpha value is -1.17. The first kappa shape index (κ1) is 17.2. The van der Waals surface area contributed by atoms with Crippen LogP contribution in [0.15, 0.2) is 47.5 Å². The Morgan fingerprint density at radius 3 is 2.77 bits per heavy atom. The zero-order valence-electron chi connectivity index (χ0n) is 13.0. The molecular formula is C17H23BrN2O2. The van der Waals surface area contributed by atoms with Gasteiger partial charge in [0.25, 0.3) is 0 Å². The van der Waals surface area contributed by atoms with Crippen LogP contribution < -0.4 is 0 Å². The summed E-state index contributed by atoms with van der Waals surface area (Å²) in [6, 6.07) is 10.2. The van der Waals surface area contributed by atoms with E-state index >= 15 is 0 Å². The number of rotatable bonds is 10. The standard InChI is InChI=1S/C17H23BrN2O2/c1-15(22-13-16-6-3-2-4-7-16)8-11-21-10-5-9-20-12-17(18)19-14-20/h2-4,6-7,12,14-15H,5,8-11,13H2,1H3/t15-/m1/s1. The molecule has 1 heterocycles. The van der Waals surface area contributed by atoms with E-state index < -0.39 is 0 Å². The van der Waals surface area contributed by atoms with E-state index in [0.717, 1.165) is 37.2 Å². The summed E-state index contributed by atoms with van der Waals surface area (Å²) in [5.41, 5.74) is 1.21. The Balaban J connectivity index is 1.47. The van der Waals surface area contributed by atoms with Crippen LogP contribution in [0.25, 0.3) is 0 Å². The molecule has 1 atom stereocenters. The lowest BCUT2D eigenvalue weighted by atomic mass is 10.2. The molecule has 5 heteroatoms. The van der Waals surface area contributed by atoms with E-state index in [1.54, 1.807) is 0 Å². The maximum Gasteiger partial charge on any atom is 0.124 e. The highest BCUT2D eigenvalue weighted by Gasteiger charge is 2.03. The molecule has 0 bridgehead atoms. The number of benzene rings is 1. The van der Waals surface area contributed by atoms with E-state index in [9.17, 15) is 0 Å². The number of imidazole rings is 1. The van der Waals surface area contributed by atoms with Crippen LogP contribution in [0.1, 0.15) is 25.3 Å². The van der Waals surface area contributed by atoms with Crippen molar-refractivity contribution in [3.63, 3.8) is 0 Å². The normalized spacial score (nSPS) is 12.5. The lowest BCUT2D eigenvalue weighted by Gasteiger charge is -2.13. The quantitative estimate of drug-likeness (QED) is 0.595. The average Bonchev–Trinajstić information content (AvgIpc) is 2.95. The molecule has 2 aromatic rings. The third-order valence-corrected chi connectivity index (χ3v) is 3.76. The van der Waals surface area contributed by atoms with E-state index in [2.05, 4.69) is 44.5 Å². The van der Waals surface area contributed by atoms with Gasteiger partial charge < -0.3 is 14.0 Å². The van der Waals surface area contributed by atoms with Gasteiger partial charge in [-0.1, -0.05) is 30.3 Å². The fourth-order valence-corrected chi connectivity index (χ4v) is 2.41. The molecule has 0 amide bonds. The molecule has 0 N–H and O–H groups in total. The minimum absolute atomic E-state index is 0.213. The van der Waals surface area contributed by atoms with Crippen LogP contribution in [0.4, 0.5) is 0 Å². The zero-order chi connectivity index (χ0) is 15.6. The summed E-state index contributed by atoms with van der Waals surface area (Å²) in [5, 5.41) is 0. The monoisotopic (exact) mass is 366 g/mol. The van der Waals surface area contributed by atoms with Crippen LogP contribution in [-0.4, -0.2) is 28.9 Å². The van der Waals surface area contributed by atoms with Gasteiger partial charge in [-0.05, 0) is 41.3 Å². The van der Waals surface area contributed by atoms with Crippen molar-refractivity contribution < 1.29 is 9.47 Å². The molecule has 0 saturated carbocycles. The summed E-state index contributed by atoms with van der Waals surface area (Å²) < 4.78 is 14.4. The molecule has 0 radical (unpaired) electrons. The van der Waals surface area contributed by atoms with Crippen molar-refractivity contribution in [2.24, 2.45) is 0 Å². The van der Waals surface area contributed by atoms with Crippen LogP contribution in [0.3, 0.4) is 0 Å². The predicted molar refractivity (Wildman–Crippen MR) is 90.7 cm³/mol. The molecule has 0 saturated heterocycles. The van der Waals surface area contributed by atoms with E-state index in [1.807, 2.05) is 30.7 Å². The molecule has 0 fully saturated rings. The summed E-state index contributed by atoms with van der Waals surface area (Å²) in [5.74, 6) is 0. The predicted octanol–water partition coefficient (Wildman–Crippen LogP) is 4.05. The largest absolute Gasteiger partial charge is 0.381 e. The van der Waals surface area contributed by atoms with Crippen LogP contribution in [0.2, 0.25) is 0 Å². The molecule has 0 aliphatic heterocycles. The summed E-state index contributed by atoms with van der Waals surface area (Å²) >= 11 is 3.34. The van der Waals surface area contributed by atoms with Crippen molar-refractivity contribution in [1.82, 2.24) is 9.55 Å². The fraction of sp³-hybridized carbons (Fsp3) is 0.471. The van der Waals surface area contributed by atoms with Gasteiger partial charge in [-0.3, -0.25) is 0 Å². The van der Waals surface area contributed by atoms with E-state index in [0.29, 0.717) is 6.61 Å². The summed E-state index contributed by atoms with van der Waals surface area (Å²) in [7, 11) is 0. The van der Waals surface area contributed by atoms with Crippen LogP contribution >= 0.6 is 15.9 Å². The summed E-state index contributed by atoms with van der Waals surface area (Å²) in [6.07, 6.45) is 5.92. The van der Waals surface area contributed by atoms with Gasteiger partial charge in [-0.25, -0.2) is 4.98 Å². The molecule has 0 unspecified atom stereocenters. The fourth-order valence-electron chi connectivity index (χ4n) is 2.05. The van der Waals surface area contributed by atoms with Crippen molar-refractivity contribution in [3.05, 3.63) is 53.0 Å². The summed E-state index contributed by atoms with van der Waals surface area (Å²) in [6.45, 7) is 5.19. The van der Waals surface area contributed by atoms with E-state index in [-0.39, 0.29) is 6.10 Å². The van der Waals surface area contributed by atoms with Gasteiger partial charge in [0.2, 0.25) is 0 Å². The van der Waals surface area contributed by atoms with Gasteiger partial charge >= 0.3 is 0 Å². The van der Waals surface area contributed by atoms with Crippen LogP contribution in [0.5, 0.6) is 0 Å². The highest BCUT2D eigenvalue weighted by molar-refractivity contribution is 9.10. The third-order valence-electron chi connectivity index (χ3n) is 3.35. The van der Waals surface area contributed by atoms with E-state index in [4.69, 9.17) is 9.47 Å². The number of halogens is 1. The SMILES string of the molecule is C[C@H](CCOCCCn1cnc(Br)c1)OCc1ccccc1. The highest BCUT2D eigenvalue weighted by atomic mass is 79.9. The first-order valence-electron chi connectivity index (χ1n) is 7.64. The molecule has 120 valence electrons. The number of ether oxygens (including phenoxy) is 2. The van der Waals surface area contributed by atoms with Gasteiger partial charge in [0.1, 0.15) is 4.60 Å². The molecule has 2 rings (SSSR count). The number of aromatic nitrogens is 2. The smallest absolute Gasteiger partial charge is 0.124 e. The molecule has 0 aliphatic carbocycles. The number of aryl methyl sites for hydroxylation is 1. The minimum Gasteiger partial charge on any atom is -0.381 e. The molecule has 0 aliphatic rings. The number of hydrogen-bond acceptors (Lipinski definition) is 3. The van der Waals surface area contributed by atoms with Crippen molar-refractivity contribution in [1.29, 1.82) is 0 Å². The molecule has 4 nitrogen and oxygen atoms in total. The Labute approximate surface area is 140 Å². The first-order valence-corrected chi connectivity index (χ1v) is 8.44. The molecular weight excluding hydrogens is 344 g/mol. The topological polar surface area (TPSA) is 36.3 Å². The van der Waals surface area contributed by atoms with Crippen molar-refractivity contribution in [2.45, 2.75) is 39.0 Å². The van der Waals surface area contributed by atoms with Gasteiger partial charge in [-0.15, -0.1) is 0 Å². The second kappa shape index (κ2) is 9.77. The Morgan fingerprint density at radius 1 is 1.23 bits per heavy atom. The van der Waals surface area contributed by atoms with Crippen LogP contribution in [-0.2, 0) is 22.6 Å². The van der Waals surface area contributed by atoms with Gasteiger partial charge in [0.05, 0.1) is 19.0 Å². The first-order chi connectivity index (χ1) is 10.7. The lowest BCUT2D eigenvalue weighted by molar-refractivity contribution is 0.0214. The minimum atomic E-state index is 0.213. The number of hydrogen-bond donors (Lipinski definition) is 0. The van der Waals surface area contributed by atoms with Crippen molar-refractivity contribution >= 4 is 15.9 Å². The van der Waals surface area contributed by atoms with Crippen molar-refractivity contribution in [3.8, 4) is 0 Å². The molecule has 0 spiro atoms. The van der Waals surface area contributed by atoms with Crippen LogP contribution in [0, 0.1) is 0 Å². The van der Waals surface area contributed by atoms with Gasteiger partial charge in [-0.2, -0.15) is 0 Å². The van der Waals surface area contributed by atoms with Gasteiger partial charge in [0.15, 0.2) is 0 Å². The lowest BCUT2D eigenvalue weighted by Crippen LogP contribution is -2.12. The van der Waals surface area contributed by atoms with Crippen molar-refractivity contribution in [2.75, 3.05) is 13.2 Å². The third kappa shape index (κ3) is 6.73. The van der Waals surface area contributed by atoms with Gasteiger partial charge in [0, 0.05) is 26.0 Å². The second-order valence-electron chi connectivity index (χ2n) is 5.30. The Morgan fingerprint density at radius 2 is 2.05 bits per heavy atom. The average molecular weight is 367 g/mol. The maximum absolute atomic E-state index is 5.81. The Kier molecular flexibility index (Phi) is 7.63. The highest BCUT2D eigenvalue weighted by Crippen LogP contribution is 2.07.